The monoisotopic (exact) mass is 319 g/mol. The number of carbonyl (C=O) groups excluding carboxylic acids is 1. The van der Waals surface area contributed by atoms with Crippen molar-refractivity contribution in [1.82, 2.24) is 0 Å². The van der Waals surface area contributed by atoms with Gasteiger partial charge in [-0.15, -0.1) is 11.3 Å². The van der Waals surface area contributed by atoms with Crippen molar-refractivity contribution in [2.24, 2.45) is 0 Å². The van der Waals surface area contributed by atoms with Crippen molar-refractivity contribution in [3.05, 3.63) is 76.2 Å². The number of fused-ring (bicyclic) bond motifs is 3. The third-order valence-corrected chi connectivity index (χ3v) is 5.56. The summed E-state index contributed by atoms with van der Waals surface area (Å²) in [6.45, 7) is 2.01. The van der Waals surface area contributed by atoms with Crippen LogP contribution in [0, 0.1) is 6.92 Å². The Labute approximate surface area is 139 Å². The first-order valence-electron chi connectivity index (χ1n) is 7.80. The maximum Gasteiger partial charge on any atom is 0.265 e. The summed E-state index contributed by atoms with van der Waals surface area (Å²) < 4.78 is 0. The van der Waals surface area contributed by atoms with E-state index in [4.69, 9.17) is 0 Å². The Hall–Kier alpha value is -2.39. The molecular formula is C20H17NOS. The van der Waals surface area contributed by atoms with Gasteiger partial charge in [0.15, 0.2) is 0 Å². The van der Waals surface area contributed by atoms with Crippen molar-refractivity contribution >= 4 is 22.9 Å². The van der Waals surface area contributed by atoms with Crippen LogP contribution >= 0.6 is 11.3 Å². The van der Waals surface area contributed by atoms with Crippen LogP contribution in [0.3, 0.4) is 0 Å². The Kier molecular flexibility index (Phi) is 3.50. The highest BCUT2D eigenvalue weighted by atomic mass is 32.1. The third kappa shape index (κ3) is 2.57. The van der Waals surface area contributed by atoms with Crippen LogP contribution in [0.5, 0.6) is 0 Å². The molecule has 0 atom stereocenters. The predicted molar refractivity (Wildman–Crippen MR) is 96.3 cm³/mol. The number of anilines is 1. The second-order valence-electron chi connectivity index (χ2n) is 5.89. The van der Waals surface area contributed by atoms with Gasteiger partial charge in [0.2, 0.25) is 0 Å². The van der Waals surface area contributed by atoms with E-state index < -0.39 is 0 Å². The number of aryl methyl sites for hydroxylation is 3. The lowest BCUT2D eigenvalue weighted by Gasteiger charge is -2.15. The molecule has 114 valence electrons. The van der Waals surface area contributed by atoms with Gasteiger partial charge in [-0.2, -0.15) is 0 Å². The fourth-order valence-corrected chi connectivity index (χ4v) is 4.25. The Bertz CT molecular complexity index is 894. The lowest BCUT2D eigenvalue weighted by molar-refractivity contribution is 0.103. The average Bonchev–Trinajstić information content (AvgIpc) is 3.02. The van der Waals surface area contributed by atoms with E-state index in [0.29, 0.717) is 0 Å². The van der Waals surface area contributed by atoms with E-state index in [1.54, 1.807) is 11.3 Å². The van der Waals surface area contributed by atoms with Gasteiger partial charge in [-0.05, 0) is 54.2 Å². The van der Waals surface area contributed by atoms with Gasteiger partial charge in [0.05, 0.1) is 4.88 Å². The first-order valence-corrected chi connectivity index (χ1v) is 8.62. The molecule has 0 saturated heterocycles. The molecule has 1 aliphatic rings. The molecule has 1 amide bonds. The number of hydrogen-bond donors (Lipinski definition) is 1. The molecule has 1 N–H and O–H groups in total. The first-order chi connectivity index (χ1) is 11.2. The van der Waals surface area contributed by atoms with Crippen LogP contribution in [0.25, 0.3) is 10.4 Å². The molecule has 23 heavy (non-hydrogen) atoms. The quantitative estimate of drug-likeness (QED) is 0.701. The molecule has 2 aromatic carbocycles. The molecule has 0 unspecified atom stereocenters. The predicted octanol–water partition coefficient (Wildman–Crippen LogP) is 5.07. The summed E-state index contributed by atoms with van der Waals surface area (Å²) in [6.07, 6.45) is 2.07. The zero-order chi connectivity index (χ0) is 15.8. The topological polar surface area (TPSA) is 29.1 Å². The summed E-state index contributed by atoms with van der Waals surface area (Å²) in [7, 11) is 0. The van der Waals surface area contributed by atoms with Gasteiger partial charge in [-0.25, -0.2) is 0 Å². The van der Waals surface area contributed by atoms with Gasteiger partial charge in [-0.1, -0.05) is 42.5 Å². The fraction of sp³-hybridized carbons (Fsp3) is 0.150. The number of amides is 1. The van der Waals surface area contributed by atoms with Crippen LogP contribution < -0.4 is 5.32 Å². The Morgan fingerprint density at radius 2 is 1.74 bits per heavy atom. The lowest BCUT2D eigenvalue weighted by Crippen LogP contribution is -2.11. The van der Waals surface area contributed by atoms with Crippen LogP contribution in [0.2, 0.25) is 0 Å². The normalized spacial score (nSPS) is 12.4. The van der Waals surface area contributed by atoms with Crippen molar-refractivity contribution in [3.63, 3.8) is 0 Å². The van der Waals surface area contributed by atoms with Crippen LogP contribution in [0.15, 0.2) is 54.6 Å². The highest BCUT2D eigenvalue weighted by Crippen LogP contribution is 2.39. The molecule has 2 nitrogen and oxygen atoms in total. The number of rotatable bonds is 2. The maximum absolute atomic E-state index is 12.6. The summed E-state index contributed by atoms with van der Waals surface area (Å²) in [4.78, 5) is 14.6. The summed E-state index contributed by atoms with van der Waals surface area (Å²) in [5, 5.41) is 3.03. The number of carbonyl (C=O) groups is 1. The molecule has 0 radical (unpaired) electrons. The van der Waals surface area contributed by atoms with E-state index in [-0.39, 0.29) is 5.91 Å². The van der Waals surface area contributed by atoms with Crippen molar-refractivity contribution in [2.75, 3.05) is 5.32 Å². The number of para-hydroxylation sites is 1. The van der Waals surface area contributed by atoms with Crippen LogP contribution in [-0.2, 0) is 12.8 Å². The first kappa shape index (κ1) is 14.2. The van der Waals surface area contributed by atoms with Crippen LogP contribution in [0.1, 0.15) is 26.4 Å². The second-order valence-corrected chi connectivity index (χ2v) is 6.94. The summed E-state index contributed by atoms with van der Waals surface area (Å²) >= 11 is 1.60. The zero-order valence-electron chi connectivity index (χ0n) is 12.9. The average molecular weight is 319 g/mol. The molecule has 0 fully saturated rings. The molecule has 1 aromatic heterocycles. The Morgan fingerprint density at radius 3 is 2.61 bits per heavy atom. The van der Waals surface area contributed by atoms with Crippen LogP contribution in [0.4, 0.5) is 5.69 Å². The van der Waals surface area contributed by atoms with E-state index in [0.717, 1.165) is 29.0 Å². The smallest absolute Gasteiger partial charge is 0.265 e. The van der Waals surface area contributed by atoms with Gasteiger partial charge in [0.1, 0.15) is 0 Å². The highest BCUT2D eigenvalue weighted by molar-refractivity contribution is 7.17. The molecule has 3 heteroatoms. The van der Waals surface area contributed by atoms with Crippen molar-refractivity contribution < 1.29 is 4.79 Å². The van der Waals surface area contributed by atoms with E-state index in [2.05, 4.69) is 35.6 Å². The summed E-state index contributed by atoms with van der Waals surface area (Å²) in [6, 6.07) is 18.4. The standard InChI is InChI=1S/C20H17NOS/c1-13-6-2-5-9-17(13)21-20(22)18-12-15-11-10-14-7-3-4-8-16(14)19(15)23-18/h2-9,12H,10-11H2,1H3,(H,21,22). The van der Waals surface area contributed by atoms with Gasteiger partial charge in [0.25, 0.3) is 5.91 Å². The zero-order valence-corrected chi connectivity index (χ0v) is 13.7. The highest BCUT2D eigenvalue weighted by Gasteiger charge is 2.21. The minimum atomic E-state index is -0.0174. The summed E-state index contributed by atoms with van der Waals surface area (Å²) in [5.74, 6) is -0.0174. The van der Waals surface area contributed by atoms with Gasteiger partial charge in [-0.3, -0.25) is 4.79 Å². The second kappa shape index (κ2) is 5.67. The molecule has 0 aliphatic heterocycles. The van der Waals surface area contributed by atoms with Gasteiger partial charge in [0, 0.05) is 10.6 Å². The fourth-order valence-electron chi connectivity index (χ4n) is 3.08. The Balaban J connectivity index is 1.66. The minimum absolute atomic E-state index is 0.0174. The van der Waals surface area contributed by atoms with E-state index in [1.807, 2.05) is 31.2 Å². The maximum atomic E-state index is 12.6. The molecule has 4 rings (SSSR count). The molecular weight excluding hydrogens is 302 g/mol. The molecule has 0 bridgehead atoms. The number of thiophene rings is 1. The van der Waals surface area contributed by atoms with Crippen molar-refractivity contribution in [3.8, 4) is 10.4 Å². The van der Waals surface area contributed by atoms with Crippen molar-refractivity contribution in [1.29, 1.82) is 0 Å². The summed E-state index contributed by atoms with van der Waals surface area (Å²) in [5.41, 5.74) is 5.92. The number of nitrogens with one attached hydrogen (secondary N) is 1. The van der Waals surface area contributed by atoms with Gasteiger partial charge >= 0.3 is 0 Å². The van der Waals surface area contributed by atoms with E-state index in [1.165, 1.54) is 21.6 Å². The van der Waals surface area contributed by atoms with E-state index >= 15 is 0 Å². The largest absolute Gasteiger partial charge is 0.321 e. The molecule has 1 aliphatic carbocycles. The third-order valence-electron chi connectivity index (χ3n) is 4.35. The SMILES string of the molecule is Cc1ccccc1NC(=O)c1cc2c(s1)-c1ccccc1CC2. The van der Waals surface area contributed by atoms with Gasteiger partial charge < -0.3 is 5.32 Å². The number of hydrogen-bond acceptors (Lipinski definition) is 2. The molecule has 1 heterocycles. The lowest BCUT2D eigenvalue weighted by atomic mass is 9.91. The Morgan fingerprint density at radius 1 is 1.00 bits per heavy atom. The van der Waals surface area contributed by atoms with Crippen LogP contribution in [-0.4, -0.2) is 5.91 Å². The molecule has 0 spiro atoms. The van der Waals surface area contributed by atoms with Crippen molar-refractivity contribution in [2.45, 2.75) is 19.8 Å². The minimum Gasteiger partial charge on any atom is -0.321 e. The molecule has 0 saturated carbocycles. The molecule has 3 aromatic rings. The van der Waals surface area contributed by atoms with E-state index in [9.17, 15) is 4.79 Å². The number of benzene rings is 2.